The van der Waals surface area contributed by atoms with Gasteiger partial charge in [0.25, 0.3) is 0 Å². The molecule has 0 heterocycles. The van der Waals surface area contributed by atoms with Gasteiger partial charge < -0.3 is 15.2 Å². The van der Waals surface area contributed by atoms with Crippen molar-refractivity contribution in [3.63, 3.8) is 0 Å². The van der Waals surface area contributed by atoms with E-state index in [1.807, 2.05) is 0 Å². The summed E-state index contributed by atoms with van der Waals surface area (Å²) in [4.78, 5) is 22.0. The summed E-state index contributed by atoms with van der Waals surface area (Å²) in [7, 11) is 0. The second kappa shape index (κ2) is 19.1. The molecule has 0 aromatic carbocycles. The van der Waals surface area contributed by atoms with Gasteiger partial charge in [0.05, 0.1) is 12.5 Å². The molecule has 0 fully saturated rings. The van der Waals surface area contributed by atoms with Crippen LogP contribution in [0.15, 0.2) is 0 Å². The van der Waals surface area contributed by atoms with E-state index in [1.165, 1.54) is 64.7 Å². The van der Waals surface area contributed by atoms with Crippen molar-refractivity contribution in [1.29, 1.82) is 0 Å². The molecule has 0 aliphatic carbocycles. The Hall–Kier alpha value is 0.736. The first-order valence-electron chi connectivity index (χ1n) is 9.03. The van der Waals surface area contributed by atoms with Crippen LogP contribution < -0.4 is 61.8 Å². The number of aliphatic carboxylic acids is 1. The average Bonchev–Trinajstić information content (AvgIpc) is 2.50. The van der Waals surface area contributed by atoms with Gasteiger partial charge in [-0.05, 0) is 13.3 Å². The number of carboxylic acids is 1. The number of unbranched alkanes of at least 4 members (excludes halogenated alkanes) is 10. The number of hydrogen-bond donors (Lipinski definition) is 1. The molecule has 0 bridgehead atoms. The summed E-state index contributed by atoms with van der Waals surface area (Å²) >= 11 is 0. The molecule has 0 saturated heterocycles. The van der Waals surface area contributed by atoms with Gasteiger partial charge >= 0.3 is 51.4 Å². The van der Waals surface area contributed by atoms with Crippen LogP contribution >= 0.6 is 0 Å². The Morgan fingerprint density at radius 1 is 0.870 bits per heavy atom. The van der Waals surface area contributed by atoms with E-state index in [2.05, 4.69) is 12.2 Å². The standard InChI is InChI=1S/C18H35NO3.K/c1-3-4-5-6-7-8-9-10-11-12-13-14-17(20)15-19-16(2)18(21)22;/h16,19H,3-15H2,1-2H3,(H,21,22);/q;+1/p-1. The first-order valence-corrected chi connectivity index (χ1v) is 9.03. The normalized spacial score (nSPS) is 11.7. The van der Waals surface area contributed by atoms with Crippen LogP contribution in [0.25, 0.3) is 0 Å². The summed E-state index contributed by atoms with van der Waals surface area (Å²) in [6, 6.07) is -0.763. The van der Waals surface area contributed by atoms with Crippen molar-refractivity contribution in [2.24, 2.45) is 0 Å². The molecule has 23 heavy (non-hydrogen) atoms. The zero-order valence-corrected chi connectivity index (χ0v) is 18.6. The van der Waals surface area contributed by atoms with E-state index in [1.54, 1.807) is 0 Å². The van der Waals surface area contributed by atoms with Crippen molar-refractivity contribution in [3.8, 4) is 0 Å². The zero-order chi connectivity index (χ0) is 16.6. The Balaban J connectivity index is 0. The summed E-state index contributed by atoms with van der Waals surface area (Å²) in [5.41, 5.74) is 0. The van der Waals surface area contributed by atoms with Gasteiger partial charge in [-0.25, -0.2) is 0 Å². The predicted molar refractivity (Wildman–Crippen MR) is 88.6 cm³/mol. The maximum Gasteiger partial charge on any atom is 1.00 e. The Labute approximate surface area is 185 Å². The van der Waals surface area contributed by atoms with Crippen LogP contribution in [-0.2, 0) is 9.59 Å². The van der Waals surface area contributed by atoms with Crippen LogP contribution in [-0.4, -0.2) is 24.3 Å². The van der Waals surface area contributed by atoms with Gasteiger partial charge in [0.1, 0.15) is 5.78 Å². The Kier molecular flexibility index (Phi) is 21.5. The maximum atomic E-state index is 11.6. The molecule has 0 aromatic rings. The summed E-state index contributed by atoms with van der Waals surface area (Å²) in [5.74, 6) is -1.08. The molecule has 5 heteroatoms. The molecule has 1 N–H and O–H groups in total. The number of carboxylic acid groups (broad SMARTS) is 1. The van der Waals surface area contributed by atoms with Gasteiger partial charge in [-0.15, -0.1) is 0 Å². The molecule has 0 aliphatic rings. The molecule has 4 nitrogen and oxygen atoms in total. The number of ketones is 1. The molecule has 130 valence electrons. The molecule has 0 aromatic heterocycles. The van der Waals surface area contributed by atoms with Crippen molar-refractivity contribution in [3.05, 3.63) is 0 Å². The topological polar surface area (TPSA) is 69.2 Å². The van der Waals surface area contributed by atoms with Crippen LogP contribution in [0.3, 0.4) is 0 Å². The third kappa shape index (κ3) is 18.9. The summed E-state index contributed by atoms with van der Waals surface area (Å²) in [5, 5.41) is 13.1. The number of Topliss-reactive ketones (excluding diaryl/α,β-unsaturated/α-hetero) is 1. The number of carbonyl (C=O) groups excluding carboxylic acids is 2. The van der Waals surface area contributed by atoms with Crippen LogP contribution in [0.5, 0.6) is 0 Å². The molecular weight excluding hydrogens is 317 g/mol. The third-order valence-corrected chi connectivity index (χ3v) is 4.02. The van der Waals surface area contributed by atoms with Gasteiger partial charge in [0.2, 0.25) is 0 Å². The molecule has 0 spiro atoms. The first-order chi connectivity index (χ1) is 10.6. The second-order valence-corrected chi connectivity index (χ2v) is 6.25. The Bertz CT molecular complexity index is 298. The molecule has 0 saturated carbocycles. The van der Waals surface area contributed by atoms with Crippen molar-refractivity contribution in [1.82, 2.24) is 5.32 Å². The van der Waals surface area contributed by atoms with Gasteiger partial charge in [0, 0.05) is 12.5 Å². The number of nitrogens with one attached hydrogen (secondary N) is 1. The fourth-order valence-electron chi connectivity index (χ4n) is 2.43. The molecule has 0 aliphatic heterocycles. The fraction of sp³-hybridized carbons (Fsp3) is 0.889. The monoisotopic (exact) mass is 351 g/mol. The summed E-state index contributed by atoms with van der Waals surface area (Å²) in [6.07, 6.45) is 14.5. The zero-order valence-electron chi connectivity index (χ0n) is 15.5. The minimum Gasteiger partial charge on any atom is -0.548 e. The van der Waals surface area contributed by atoms with Crippen LogP contribution in [0, 0.1) is 0 Å². The van der Waals surface area contributed by atoms with Crippen LogP contribution in [0.4, 0.5) is 0 Å². The molecule has 0 rings (SSSR count). The minimum absolute atomic E-state index is 0. The number of hydrogen-bond acceptors (Lipinski definition) is 4. The first kappa shape index (κ1) is 26.0. The summed E-state index contributed by atoms with van der Waals surface area (Å²) in [6.45, 7) is 3.86. The van der Waals surface area contributed by atoms with Crippen molar-refractivity contribution < 1.29 is 66.1 Å². The average molecular weight is 352 g/mol. The van der Waals surface area contributed by atoms with E-state index in [-0.39, 0.29) is 63.7 Å². The van der Waals surface area contributed by atoms with E-state index < -0.39 is 12.0 Å². The van der Waals surface area contributed by atoms with Crippen molar-refractivity contribution >= 4 is 11.8 Å². The smallest absolute Gasteiger partial charge is 0.548 e. The third-order valence-electron chi connectivity index (χ3n) is 4.02. The SMILES string of the molecule is CCCCCCCCCCCCCC(=O)CNC(C)C(=O)[O-].[K+]. The second-order valence-electron chi connectivity index (χ2n) is 6.25. The maximum absolute atomic E-state index is 11.6. The quantitative estimate of drug-likeness (QED) is 0.314. The number of rotatable bonds is 16. The van der Waals surface area contributed by atoms with E-state index in [0.29, 0.717) is 6.42 Å². The summed E-state index contributed by atoms with van der Waals surface area (Å²) < 4.78 is 0. The van der Waals surface area contributed by atoms with E-state index in [9.17, 15) is 14.7 Å². The minimum atomic E-state index is -1.16. The Morgan fingerprint density at radius 2 is 1.30 bits per heavy atom. The molecule has 0 amide bonds. The van der Waals surface area contributed by atoms with E-state index in [4.69, 9.17) is 0 Å². The van der Waals surface area contributed by atoms with Crippen molar-refractivity contribution in [2.75, 3.05) is 6.54 Å². The number of carbonyl (C=O) groups is 2. The molecule has 1 unspecified atom stereocenters. The van der Waals surface area contributed by atoms with Gasteiger partial charge in [-0.3, -0.25) is 4.79 Å². The predicted octanol–water partition coefficient (Wildman–Crippen LogP) is -0.0114. The van der Waals surface area contributed by atoms with Gasteiger partial charge in [-0.2, -0.15) is 0 Å². The molecule has 0 radical (unpaired) electrons. The van der Waals surface area contributed by atoms with Crippen molar-refractivity contribution in [2.45, 2.75) is 96.9 Å². The molecular formula is C18H34KNO3. The van der Waals surface area contributed by atoms with Gasteiger partial charge in [0.15, 0.2) is 0 Å². The van der Waals surface area contributed by atoms with E-state index in [0.717, 1.165) is 12.8 Å². The molecule has 1 atom stereocenters. The largest absolute Gasteiger partial charge is 1.00 e. The van der Waals surface area contributed by atoms with Crippen LogP contribution in [0.2, 0.25) is 0 Å². The Morgan fingerprint density at radius 3 is 1.74 bits per heavy atom. The fourth-order valence-corrected chi connectivity index (χ4v) is 2.43. The van der Waals surface area contributed by atoms with Gasteiger partial charge in [-0.1, -0.05) is 71.1 Å². The van der Waals surface area contributed by atoms with Crippen LogP contribution in [0.1, 0.15) is 90.9 Å². The van der Waals surface area contributed by atoms with E-state index >= 15 is 0 Å².